The van der Waals surface area contributed by atoms with Crippen LogP contribution in [0.4, 0.5) is 0 Å². The molecule has 1 fully saturated rings. The van der Waals surface area contributed by atoms with Gasteiger partial charge in [-0.3, -0.25) is 0 Å². The Kier molecular flexibility index (Phi) is 5.37. The molecule has 3 heteroatoms. The summed E-state index contributed by atoms with van der Waals surface area (Å²) in [6.45, 7) is 6.88. The fourth-order valence-corrected chi connectivity index (χ4v) is 2.55. The maximum absolute atomic E-state index is 10.2. The number of hydrogen-bond donors (Lipinski definition) is 1. The highest BCUT2D eigenvalue weighted by Crippen LogP contribution is 2.20. The van der Waals surface area contributed by atoms with Crippen molar-refractivity contribution in [2.75, 3.05) is 26.4 Å². The summed E-state index contributed by atoms with van der Waals surface area (Å²) in [7, 11) is 0. The van der Waals surface area contributed by atoms with E-state index in [1.807, 2.05) is 19.1 Å². The third-order valence-electron chi connectivity index (χ3n) is 3.75. The molecule has 0 spiro atoms. The Hall–Kier alpha value is -0.900. The van der Waals surface area contributed by atoms with Crippen molar-refractivity contribution in [3.05, 3.63) is 34.9 Å². The van der Waals surface area contributed by atoms with Gasteiger partial charge in [0.05, 0.1) is 6.61 Å². The SMILES string of the molecule is Cc1ccc(C(O)COCC2CCOCC2)c(C)c1. The molecule has 0 aromatic heterocycles. The molecule has 0 bridgehead atoms. The van der Waals surface area contributed by atoms with Gasteiger partial charge in [0.15, 0.2) is 0 Å². The minimum atomic E-state index is -0.527. The Morgan fingerprint density at radius 3 is 2.74 bits per heavy atom. The van der Waals surface area contributed by atoms with Gasteiger partial charge in [0.25, 0.3) is 0 Å². The molecule has 0 amide bonds. The van der Waals surface area contributed by atoms with Crippen molar-refractivity contribution in [3.8, 4) is 0 Å². The highest BCUT2D eigenvalue weighted by Gasteiger charge is 2.15. The van der Waals surface area contributed by atoms with E-state index in [1.165, 1.54) is 5.56 Å². The minimum absolute atomic E-state index is 0.376. The van der Waals surface area contributed by atoms with Gasteiger partial charge in [-0.2, -0.15) is 0 Å². The van der Waals surface area contributed by atoms with E-state index in [1.54, 1.807) is 0 Å². The number of aryl methyl sites for hydroxylation is 2. The molecule has 1 heterocycles. The molecule has 19 heavy (non-hydrogen) atoms. The van der Waals surface area contributed by atoms with Crippen molar-refractivity contribution in [2.45, 2.75) is 32.8 Å². The quantitative estimate of drug-likeness (QED) is 0.888. The molecule has 1 aromatic rings. The van der Waals surface area contributed by atoms with Gasteiger partial charge in [-0.1, -0.05) is 23.8 Å². The van der Waals surface area contributed by atoms with Crippen LogP contribution in [0.25, 0.3) is 0 Å². The zero-order valence-electron chi connectivity index (χ0n) is 11.9. The Balaban J connectivity index is 1.78. The van der Waals surface area contributed by atoms with Crippen molar-refractivity contribution >= 4 is 0 Å². The smallest absolute Gasteiger partial charge is 0.103 e. The maximum atomic E-state index is 10.2. The first-order valence-corrected chi connectivity index (χ1v) is 7.07. The second-order valence-electron chi connectivity index (χ2n) is 5.47. The molecule has 2 rings (SSSR count). The summed E-state index contributed by atoms with van der Waals surface area (Å²) in [6.07, 6.45) is 1.61. The molecule has 1 N–H and O–H groups in total. The topological polar surface area (TPSA) is 38.7 Å². The summed E-state index contributed by atoms with van der Waals surface area (Å²) in [5.41, 5.74) is 3.32. The van der Waals surface area contributed by atoms with E-state index in [-0.39, 0.29) is 0 Å². The van der Waals surface area contributed by atoms with Gasteiger partial charge in [-0.25, -0.2) is 0 Å². The van der Waals surface area contributed by atoms with E-state index in [0.29, 0.717) is 12.5 Å². The molecule has 1 aliphatic rings. The molecule has 1 saturated heterocycles. The zero-order chi connectivity index (χ0) is 13.7. The Bertz CT molecular complexity index is 397. The van der Waals surface area contributed by atoms with Crippen molar-refractivity contribution in [1.29, 1.82) is 0 Å². The van der Waals surface area contributed by atoms with E-state index in [0.717, 1.165) is 43.8 Å². The van der Waals surface area contributed by atoms with Crippen molar-refractivity contribution in [3.63, 3.8) is 0 Å². The van der Waals surface area contributed by atoms with E-state index in [4.69, 9.17) is 9.47 Å². The lowest BCUT2D eigenvalue weighted by atomic mass is 10.0. The highest BCUT2D eigenvalue weighted by molar-refractivity contribution is 5.31. The van der Waals surface area contributed by atoms with Crippen LogP contribution >= 0.6 is 0 Å². The van der Waals surface area contributed by atoms with E-state index >= 15 is 0 Å². The van der Waals surface area contributed by atoms with Crippen LogP contribution < -0.4 is 0 Å². The molecule has 1 aromatic carbocycles. The lowest BCUT2D eigenvalue weighted by Gasteiger charge is -2.22. The lowest BCUT2D eigenvalue weighted by molar-refractivity contribution is -0.00979. The zero-order valence-corrected chi connectivity index (χ0v) is 11.9. The molecule has 0 saturated carbocycles. The van der Waals surface area contributed by atoms with E-state index in [9.17, 15) is 5.11 Å². The number of ether oxygens (including phenoxy) is 2. The van der Waals surface area contributed by atoms with Crippen LogP contribution in [0.2, 0.25) is 0 Å². The van der Waals surface area contributed by atoms with Gasteiger partial charge >= 0.3 is 0 Å². The largest absolute Gasteiger partial charge is 0.386 e. The van der Waals surface area contributed by atoms with Gasteiger partial charge in [0, 0.05) is 19.8 Å². The van der Waals surface area contributed by atoms with Crippen molar-refractivity contribution < 1.29 is 14.6 Å². The summed E-state index contributed by atoms with van der Waals surface area (Å²) < 4.78 is 11.0. The molecular formula is C16H24O3. The fraction of sp³-hybridized carbons (Fsp3) is 0.625. The van der Waals surface area contributed by atoms with Crippen LogP contribution in [0, 0.1) is 19.8 Å². The predicted molar refractivity (Wildman–Crippen MR) is 75.2 cm³/mol. The van der Waals surface area contributed by atoms with E-state index in [2.05, 4.69) is 13.0 Å². The maximum Gasteiger partial charge on any atom is 0.103 e. The number of benzene rings is 1. The number of rotatable bonds is 5. The van der Waals surface area contributed by atoms with Crippen LogP contribution in [0.5, 0.6) is 0 Å². The predicted octanol–water partition coefficient (Wildman–Crippen LogP) is 2.78. The summed E-state index contributed by atoms with van der Waals surface area (Å²) in [5, 5.41) is 10.2. The first-order valence-electron chi connectivity index (χ1n) is 7.07. The number of hydrogen-bond acceptors (Lipinski definition) is 3. The van der Waals surface area contributed by atoms with Crippen LogP contribution in [0.1, 0.15) is 35.6 Å². The summed E-state index contributed by atoms with van der Waals surface area (Å²) in [6, 6.07) is 6.12. The average molecular weight is 264 g/mol. The Morgan fingerprint density at radius 1 is 1.32 bits per heavy atom. The second kappa shape index (κ2) is 7.04. The molecular weight excluding hydrogens is 240 g/mol. The molecule has 0 radical (unpaired) electrons. The first-order chi connectivity index (χ1) is 9.16. The molecule has 0 aliphatic carbocycles. The molecule has 1 unspecified atom stereocenters. The lowest BCUT2D eigenvalue weighted by Crippen LogP contribution is -2.21. The third kappa shape index (κ3) is 4.30. The van der Waals surface area contributed by atoms with Crippen LogP contribution in [0.3, 0.4) is 0 Å². The Morgan fingerprint density at radius 2 is 2.05 bits per heavy atom. The molecule has 1 atom stereocenters. The van der Waals surface area contributed by atoms with Crippen molar-refractivity contribution in [1.82, 2.24) is 0 Å². The number of aliphatic hydroxyl groups is 1. The molecule has 3 nitrogen and oxygen atoms in total. The van der Waals surface area contributed by atoms with E-state index < -0.39 is 6.10 Å². The van der Waals surface area contributed by atoms with Crippen molar-refractivity contribution in [2.24, 2.45) is 5.92 Å². The fourth-order valence-electron chi connectivity index (χ4n) is 2.55. The molecule has 106 valence electrons. The van der Waals surface area contributed by atoms with Gasteiger partial charge < -0.3 is 14.6 Å². The van der Waals surface area contributed by atoms with Crippen LogP contribution in [-0.2, 0) is 9.47 Å². The monoisotopic (exact) mass is 264 g/mol. The Labute approximate surface area is 115 Å². The van der Waals surface area contributed by atoms with Crippen LogP contribution in [0.15, 0.2) is 18.2 Å². The van der Waals surface area contributed by atoms with Crippen LogP contribution in [-0.4, -0.2) is 31.5 Å². The summed E-state index contributed by atoms with van der Waals surface area (Å²) >= 11 is 0. The average Bonchev–Trinajstić information content (AvgIpc) is 2.39. The minimum Gasteiger partial charge on any atom is -0.386 e. The van der Waals surface area contributed by atoms with Gasteiger partial charge in [0.1, 0.15) is 6.10 Å². The first kappa shape index (κ1) is 14.5. The third-order valence-corrected chi connectivity index (χ3v) is 3.75. The normalized spacial score (nSPS) is 18.5. The summed E-state index contributed by atoms with van der Waals surface area (Å²) in [4.78, 5) is 0. The van der Waals surface area contributed by atoms with Gasteiger partial charge in [0.2, 0.25) is 0 Å². The highest BCUT2D eigenvalue weighted by atomic mass is 16.5. The number of aliphatic hydroxyl groups excluding tert-OH is 1. The molecule has 1 aliphatic heterocycles. The van der Waals surface area contributed by atoms with Gasteiger partial charge in [-0.05, 0) is 43.7 Å². The standard InChI is InChI=1S/C16H24O3/c1-12-3-4-15(13(2)9-12)16(17)11-19-10-14-5-7-18-8-6-14/h3-4,9,14,16-17H,5-8,10-11H2,1-2H3. The van der Waals surface area contributed by atoms with Gasteiger partial charge in [-0.15, -0.1) is 0 Å². The summed E-state index contributed by atoms with van der Waals surface area (Å²) in [5.74, 6) is 0.583. The second-order valence-corrected chi connectivity index (χ2v) is 5.47.